The van der Waals surface area contributed by atoms with E-state index in [1.807, 2.05) is 10.9 Å². The Hall–Kier alpha value is -0.940. The van der Waals surface area contributed by atoms with Gasteiger partial charge in [0, 0.05) is 13.2 Å². The van der Waals surface area contributed by atoms with E-state index in [9.17, 15) is 0 Å². The van der Waals surface area contributed by atoms with Gasteiger partial charge in [0.1, 0.15) is 0 Å². The minimum absolute atomic E-state index is 0.206. The van der Waals surface area contributed by atoms with Crippen LogP contribution in [-0.2, 0) is 11.3 Å². The lowest BCUT2D eigenvalue weighted by atomic mass is 9.95. The van der Waals surface area contributed by atoms with E-state index in [1.54, 1.807) is 0 Å². The third kappa shape index (κ3) is 2.72. The Bertz CT molecular complexity index is 366. The molecule has 1 aromatic rings. The van der Waals surface area contributed by atoms with Gasteiger partial charge in [0.15, 0.2) is 0 Å². The van der Waals surface area contributed by atoms with Crippen LogP contribution in [-0.4, -0.2) is 34.2 Å². The molecule has 2 heterocycles. The molecular weight excluding hydrogens is 228 g/mol. The van der Waals surface area contributed by atoms with Crippen molar-refractivity contribution in [1.29, 1.82) is 0 Å². The summed E-state index contributed by atoms with van der Waals surface area (Å²) in [6.45, 7) is 9.24. The van der Waals surface area contributed by atoms with Crippen molar-refractivity contribution in [2.24, 2.45) is 5.92 Å². The van der Waals surface area contributed by atoms with Gasteiger partial charge in [0.25, 0.3) is 0 Å². The molecule has 1 aliphatic heterocycles. The number of rotatable bonds is 6. The van der Waals surface area contributed by atoms with Crippen molar-refractivity contribution in [3.63, 3.8) is 0 Å². The number of nitrogens with zero attached hydrogens (tertiary/aromatic N) is 3. The van der Waals surface area contributed by atoms with Crippen LogP contribution in [0.2, 0.25) is 0 Å². The summed E-state index contributed by atoms with van der Waals surface area (Å²) in [6, 6.07) is 0.206. The first-order chi connectivity index (χ1) is 8.77. The smallest absolute Gasteiger partial charge is 0.0811 e. The molecule has 1 aromatic heterocycles. The molecule has 0 amide bonds. The standard InChI is InChI=1S/C13H24N4O/c1-4-7-14-12(13-10(3)6-8-18-13)11-9-15-16-17(11)5-2/h9-10,12-14H,4-8H2,1-3H3. The minimum Gasteiger partial charge on any atom is -0.376 e. The Morgan fingerprint density at radius 2 is 2.39 bits per heavy atom. The van der Waals surface area contributed by atoms with Gasteiger partial charge in [-0.1, -0.05) is 19.1 Å². The molecule has 1 N–H and O–H groups in total. The van der Waals surface area contributed by atoms with Gasteiger partial charge in [0.2, 0.25) is 0 Å². The number of nitrogens with one attached hydrogen (secondary N) is 1. The SMILES string of the molecule is CCCNC(c1cnnn1CC)C1OCCC1C. The van der Waals surface area contributed by atoms with E-state index in [0.29, 0.717) is 5.92 Å². The van der Waals surface area contributed by atoms with Gasteiger partial charge in [-0.3, -0.25) is 0 Å². The molecule has 0 radical (unpaired) electrons. The van der Waals surface area contributed by atoms with Gasteiger partial charge < -0.3 is 10.1 Å². The van der Waals surface area contributed by atoms with Gasteiger partial charge >= 0.3 is 0 Å². The van der Waals surface area contributed by atoms with Gasteiger partial charge in [-0.25, -0.2) is 4.68 Å². The Balaban J connectivity index is 2.18. The fourth-order valence-electron chi connectivity index (χ4n) is 2.58. The molecule has 1 fully saturated rings. The monoisotopic (exact) mass is 252 g/mol. The highest BCUT2D eigenvalue weighted by molar-refractivity contribution is 5.07. The molecule has 3 unspecified atom stereocenters. The zero-order chi connectivity index (χ0) is 13.0. The Morgan fingerprint density at radius 3 is 3.00 bits per heavy atom. The van der Waals surface area contributed by atoms with E-state index in [-0.39, 0.29) is 12.1 Å². The number of aryl methyl sites for hydroxylation is 1. The fourth-order valence-corrected chi connectivity index (χ4v) is 2.58. The second kappa shape index (κ2) is 6.29. The molecule has 102 valence electrons. The number of aromatic nitrogens is 3. The van der Waals surface area contributed by atoms with E-state index >= 15 is 0 Å². The van der Waals surface area contributed by atoms with Crippen molar-refractivity contribution < 1.29 is 4.74 Å². The molecule has 18 heavy (non-hydrogen) atoms. The lowest BCUT2D eigenvalue weighted by molar-refractivity contribution is 0.0580. The lowest BCUT2D eigenvalue weighted by Gasteiger charge is -2.27. The van der Waals surface area contributed by atoms with Gasteiger partial charge in [-0.2, -0.15) is 0 Å². The van der Waals surface area contributed by atoms with Crippen LogP contribution in [0, 0.1) is 5.92 Å². The second-order valence-corrected chi connectivity index (χ2v) is 5.01. The highest BCUT2D eigenvalue weighted by Gasteiger charge is 2.34. The maximum Gasteiger partial charge on any atom is 0.0811 e. The summed E-state index contributed by atoms with van der Waals surface area (Å²) in [7, 11) is 0. The summed E-state index contributed by atoms with van der Waals surface area (Å²) in [4.78, 5) is 0. The van der Waals surface area contributed by atoms with Crippen molar-refractivity contribution in [3.05, 3.63) is 11.9 Å². The van der Waals surface area contributed by atoms with Gasteiger partial charge in [-0.05, 0) is 32.2 Å². The van der Waals surface area contributed by atoms with Crippen LogP contribution in [0.3, 0.4) is 0 Å². The topological polar surface area (TPSA) is 52.0 Å². The van der Waals surface area contributed by atoms with Crippen LogP contribution >= 0.6 is 0 Å². The van der Waals surface area contributed by atoms with Crippen molar-refractivity contribution in [3.8, 4) is 0 Å². The van der Waals surface area contributed by atoms with Gasteiger partial charge in [-0.15, -0.1) is 5.10 Å². The molecule has 3 atom stereocenters. The number of hydrogen-bond acceptors (Lipinski definition) is 4. The van der Waals surface area contributed by atoms with E-state index in [4.69, 9.17) is 4.74 Å². The first-order valence-corrected chi connectivity index (χ1v) is 7.01. The van der Waals surface area contributed by atoms with Crippen LogP contribution in [0.5, 0.6) is 0 Å². The summed E-state index contributed by atoms with van der Waals surface area (Å²) in [6.07, 6.45) is 4.36. The molecule has 0 aromatic carbocycles. The summed E-state index contributed by atoms with van der Waals surface area (Å²) < 4.78 is 7.88. The molecule has 5 nitrogen and oxygen atoms in total. The van der Waals surface area contributed by atoms with Crippen molar-refractivity contribution in [2.45, 2.75) is 52.3 Å². The van der Waals surface area contributed by atoms with Crippen molar-refractivity contribution in [1.82, 2.24) is 20.3 Å². The summed E-state index contributed by atoms with van der Waals surface area (Å²) in [5, 5.41) is 11.8. The van der Waals surface area contributed by atoms with Crippen molar-refractivity contribution >= 4 is 0 Å². The third-order valence-electron chi connectivity index (χ3n) is 3.65. The highest BCUT2D eigenvalue weighted by atomic mass is 16.5. The molecule has 1 aliphatic rings. The van der Waals surface area contributed by atoms with Crippen LogP contribution in [0.4, 0.5) is 0 Å². The number of ether oxygens (including phenoxy) is 1. The average Bonchev–Trinajstić information content (AvgIpc) is 2.99. The van der Waals surface area contributed by atoms with Crippen LogP contribution < -0.4 is 5.32 Å². The first kappa shape index (κ1) is 13.5. The molecular formula is C13H24N4O. The van der Waals surface area contributed by atoms with E-state index in [2.05, 4.69) is 36.4 Å². The maximum absolute atomic E-state index is 5.92. The normalized spacial score (nSPS) is 25.5. The zero-order valence-electron chi connectivity index (χ0n) is 11.6. The average molecular weight is 252 g/mol. The van der Waals surface area contributed by atoms with Crippen LogP contribution in [0.1, 0.15) is 45.3 Å². The Labute approximate surface area is 109 Å². The predicted molar refractivity (Wildman–Crippen MR) is 70.3 cm³/mol. The summed E-state index contributed by atoms with van der Waals surface area (Å²) in [5.41, 5.74) is 1.14. The Morgan fingerprint density at radius 1 is 1.56 bits per heavy atom. The third-order valence-corrected chi connectivity index (χ3v) is 3.65. The largest absolute Gasteiger partial charge is 0.376 e. The molecule has 0 bridgehead atoms. The minimum atomic E-state index is 0.206. The summed E-state index contributed by atoms with van der Waals surface area (Å²) in [5.74, 6) is 0.583. The predicted octanol–water partition coefficient (Wildman–Crippen LogP) is 1.76. The number of hydrogen-bond donors (Lipinski definition) is 1. The van der Waals surface area contributed by atoms with E-state index in [1.165, 1.54) is 0 Å². The fraction of sp³-hybridized carbons (Fsp3) is 0.846. The zero-order valence-corrected chi connectivity index (χ0v) is 11.6. The lowest BCUT2D eigenvalue weighted by Crippen LogP contribution is -2.36. The molecule has 2 rings (SSSR count). The first-order valence-electron chi connectivity index (χ1n) is 7.01. The molecule has 0 aliphatic carbocycles. The van der Waals surface area contributed by atoms with Crippen molar-refractivity contribution in [2.75, 3.05) is 13.2 Å². The molecule has 5 heteroatoms. The van der Waals surface area contributed by atoms with Crippen LogP contribution in [0.25, 0.3) is 0 Å². The summed E-state index contributed by atoms with van der Waals surface area (Å²) >= 11 is 0. The van der Waals surface area contributed by atoms with E-state index < -0.39 is 0 Å². The van der Waals surface area contributed by atoms with Crippen LogP contribution in [0.15, 0.2) is 6.20 Å². The highest BCUT2D eigenvalue weighted by Crippen LogP contribution is 2.30. The van der Waals surface area contributed by atoms with E-state index in [0.717, 1.165) is 38.2 Å². The molecule has 0 spiro atoms. The Kier molecular flexibility index (Phi) is 4.72. The second-order valence-electron chi connectivity index (χ2n) is 5.01. The molecule has 0 saturated carbocycles. The maximum atomic E-state index is 5.92. The quantitative estimate of drug-likeness (QED) is 0.838. The van der Waals surface area contributed by atoms with Gasteiger partial charge in [0.05, 0.1) is 24.0 Å². The molecule has 1 saturated heterocycles.